The molecule has 1 atom stereocenters. The molecule has 3 aromatic heterocycles. The summed E-state index contributed by atoms with van der Waals surface area (Å²) in [5.74, 6) is 1.63. The Morgan fingerprint density at radius 1 is 1.35 bits per heavy atom. The number of fused-ring (bicyclic) bond motifs is 3. The van der Waals surface area contributed by atoms with E-state index in [1.54, 1.807) is 6.92 Å². The van der Waals surface area contributed by atoms with Crippen LogP contribution in [0.15, 0.2) is 18.5 Å². The van der Waals surface area contributed by atoms with Crippen LogP contribution in [0.3, 0.4) is 0 Å². The van der Waals surface area contributed by atoms with Gasteiger partial charge in [0.15, 0.2) is 0 Å². The fourth-order valence-electron chi connectivity index (χ4n) is 4.09. The average Bonchev–Trinajstić information content (AvgIpc) is 3.18. The minimum atomic E-state index is -0.569. The highest BCUT2D eigenvalue weighted by Gasteiger charge is 2.27. The van der Waals surface area contributed by atoms with E-state index in [0.717, 1.165) is 46.7 Å². The maximum absolute atomic E-state index is 10.2. The minimum Gasteiger partial charge on any atom is -0.385 e. The number of hydrogen-bond donors (Lipinski definition) is 2. The van der Waals surface area contributed by atoms with Crippen molar-refractivity contribution in [2.24, 2.45) is 5.92 Å². The molecular weight excluding hydrogens is 288 g/mol. The van der Waals surface area contributed by atoms with E-state index >= 15 is 0 Å². The predicted molar refractivity (Wildman–Crippen MR) is 91.3 cm³/mol. The second-order valence-electron chi connectivity index (χ2n) is 6.83. The van der Waals surface area contributed by atoms with Crippen LogP contribution in [-0.4, -0.2) is 24.6 Å². The molecule has 3 heterocycles. The third-order valence-electron chi connectivity index (χ3n) is 5.39. The number of nitrogens with zero attached hydrogens (tertiary/aromatic N) is 3. The van der Waals surface area contributed by atoms with Gasteiger partial charge in [0.2, 0.25) is 0 Å². The standard InChI is InChI=1S/C18H24N4O/c1-3-12-4-6-13(7-5-12)22-16-14-8-9-19-17(14)20-10-15(16)21-18(22)11(2)23/h8-13,23H,3-7H2,1-2H3,(H,19,20)/t11-,12?,13?/m1/s1. The molecule has 4 rings (SSSR count). The van der Waals surface area contributed by atoms with Gasteiger partial charge < -0.3 is 14.7 Å². The van der Waals surface area contributed by atoms with Gasteiger partial charge in [-0.05, 0) is 44.6 Å². The lowest BCUT2D eigenvalue weighted by Crippen LogP contribution is -2.20. The van der Waals surface area contributed by atoms with E-state index in [-0.39, 0.29) is 0 Å². The molecule has 0 unspecified atom stereocenters. The number of nitrogens with one attached hydrogen (secondary N) is 1. The Kier molecular flexibility index (Phi) is 3.60. The zero-order valence-electron chi connectivity index (χ0n) is 13.8. The van der Waals surface area contributed by atoms with E-state index in [1.165, 1.54) is 19.3 Å². The Balaban J connectivity index is 1.88. The van der Waals surface area contributed by atoms with Gasteiger partial charge in [-0.3, -0.25) is 0 Å². The van der Waals surface area contributed by atoms with Gasteiger partial charge in [0.05, 0.1) is 11.7 Å². The number of hydrogen-bond acceptors (Lipinski definition) is 3. The summed E-state index contributed by atoms with van der Waals surface area (Å²) in [6.45, 7) is 4.09. The summed E-state index contributed by atoms with van der Waals surface area (Å²) in [5.41, 5.74) is 2.88. The van der Waals surface area contributed by atoms with Gasteiger partial charge in [-0.2, -0.15) is 0 Å². The van der Waals surface area contributed by atoms with E-state index in [2.05, 4.69) is 27.5 Å². The van der Waals surface area contributed by atoms with Gasteiger partial charge in [-0.1, -0.05) is 13.3 Å². The smallest absolute Gasteiger partial charge is 0.139 e. The van der Waals surface area contributed by atoms with E-state index in [0.29, 0.717) is 6.04 Å². The Hall–Kier alpha value is -1.88. The normalized spacial score (nSPS) is 23.6. The maximum Gasteiger partial charge on any atom is 0.139 e. The van der Waals surface area contributed by atoms with E-state index in [1.807, 2.05) is 12.4 Å². The molecule has 23 heavy (non-hydrogen) atoms. The van der Waals surface area contributed by atoms with Gasteiger partial charge in [0, 0.05) is 17.6 Å². The largest absolute Gasteiger partial charge is 0.385 e. The topological polar surface area (TPSA) is 66.7 Å². The molecule has 3 aromatic rings. The van der Waals surface area contributed by atoms with Crippen LogP contribution in [-0.2, 0) is 0 Å². The van der Waals surface area contributed by atoms with Crippen molar-refractivity contribution in [2.45, 2.75) is 58.1 Å². The molecule has 0 amide bonds. The molecule has 2 N–H and O–H groups in total. The van der Waals surface area contributed by atoms with Crippen molar-refractivity contribution >= 4 is 22.1 Å². The molecule has 1 aliphatic carbocycles. The van der Waals surface area contributed by atoms with Crippen LogP contribution in [0, 0.1) is 5.92 Å². The van der Waals surface area contributed by atoms with E-state index < -0.39 is 6.10 Å². The van der Waals surface area contributed by atoms with Crippen LogP contribution in [0.25, 0.3) is 22.1 Å². The van der Waals surface area contributed by atoms with Crippen molar-refractivity contribution in [3.8, 4) is 0 Å². The van der Waals surface area contributed by atoms with Crippen molar-refractivity contribution in [3.05, 3.63) is 24.3 Å². The van der Waals surface area contributed by atoms with Crippen LogP contribution in [0.1, 0.15) is 63.9 Å². The van der Waals surface area contributed by atoms with Crippen LogP contribution in [0.4, 0.5) is 0 Å². The zero-order chi connectivity index (χ0) is 16.0. The first-order valence-corrected chi connectivity index (χ1v) is 8.71. The van der Waals surface area contributed by atoms with Gasteiger partial charge in [-0.25, -0.2) is 9.97 Å². The third-order valence-corrected chi connectivity index (χ3v) is 5.39. The van der Waals surface area contributed by atoms with Crippen LogP contribution in [0.2, 0.25) is 0 Å². The quantitative estimate of drug-likeness (QED) is 0.765. The fourth-order valence-corrected chi connectivity index (χ4v) is 4.09. The first-order valence-electron chi connectivity index (χ1n) is 8.71. The lowest BCUT2D eigenvalue weighted by atomic mass is 9.84. The van der Waals surface area contributed by atoms with Crippen LogP contribution < -0.4 is 0 Å². The highest BCUT2D eigenvalue weighted by molar-refractivity contribution is 6.01. The predicted octanol–water partition coefficient (Wildman–Crippen LogP) is 4.11. The Morgan fingerprint density at radius 2 is 2.13 bits per heavy atom. The van der Waals surface area contributed by atoms with Crippen molar-refractivity contribution in [3.63, 3.8) is 0 Å². The Morgan fingerprint density at radius 3 is 2.83 bits per heavy atom. The summed E-state index contributed by atoms with van der Waals surface area (Å²) in [5, 5.41) is 11.3. The number of pyridine rings is 1. The highest BCUT2D eigenvalue weighted by Crippen LogP contribution is 2.38. The Labute approximate surface area is 135 Å². The molecule has 0 aromatic carbocycles. The highest BCUT2D eigenvalue weighted by atomic mass is 16.3. The first-order chi connectivity index (χ1) is 11.2. The molecular formula is C18H24N4O. The SMILES string of the molecule is CCC1CCC(n2c([C@@H](C)O)nc3cnc4[nH]ccc4c32)CC1. The van der Waals surface area contributed by atoms with Crippen LogP contribution >= 0.6 is 0 Å². The molecule has 1 saturated carbocycles. The number of aromatic amines is 1. The van der Waals surface area contributed by atoms with Crippen molar-refractivity contribution in [1.82, 2.24) is 19.5 Å². The number of rotatable bonds is 3. The molecule has 5 nitrogen and oxygen atoms in total. The summed E-state index contributed by atoms with van der Waals surface area (Å²) in [7, 11) is 0. The first kappa shape index (κ1) is 14.7. The lowest BCUT2D eigenvalue weighted by molar-refractivity contribution is 0.174. The molecule has 0 bridgehead atoms. The molecule has 1 aliphatic rings. The molecule has 0 spiro atoms. The summed E-state index contributed by atoms with van der Waals surface area (Å²) < 4.78 is 2.30. The van der Waals surface area contributed by atoms with Crippen molar-refractivity contribution in [1.29, 1.82) is 0 Å². The van der Waals surface area contributed by atoms with Gasteiger partial charge in [0.1, 0.15) is 23.1 Å². The van der Waals surface area contributed by atoms with Crippen LogP contribution in [0.5, 0.6) is 0 Å². The van der Waals surface area contributed by atoms with Gasteiger partial charge in [-0.15, -0.1) is 0 Å². The number of aliphatic hydroxyl groups excluding tert-OH is 1. The Bertz CT molecular complexity index is 824. The number of aromatic nitrogens is 4. The van der Waals surface area contributed by atoms with E-state index in [9.17, 15) is 5.11 Å². The monoisotopic (exact) mass is 312 g/mol. The second-order valence-corrected chi connectivity index (χ2v) is 6.83. The van der Waals surface area contributed by atoms with Crippen molar-refractivity contribution < 1.29 is 5.11 Å². The molecule has 1 fully saturated rings. The molecule has 5 heteroatoms. The second kappa shape index (κ2) is 5.64. The minimum absolute atomic E-state index is 0.424. The summed E-state index contributed by atoms with van der Waals surface area (Å²) in [4.78, 5) is 12.3. The molecule has 0 radical (unpaired) electrons. The van der Waals surface area contributed by atoms with Crippen molar-refractivity contribution in [2.75, 3.05) is 0 Å². The molecule has 0 saturated heterocycles. The number of H-pyrrole nitrogens is 1. The third kappa shape index (κ3) is 2.34. The summed E-state index contributed by atoms with van der Waals surface area (Å²) in [6.07, 6.45) is 9.30. The lowest BCUT2D eigenvalue weighted by Gasteiger charge is -2.30. The zero-order valence-corrected chi connectivity index (χ0v) is 13.8. The fraction of sp³-hybridized carbons (Fsp3) is 0.556. The summed E-state index contributed by atoms with van der Waals surface area (Å²) >= 11 is 0. The van der Waals surface area contributed by atoms with Gasteiger partial charge in [0.25, 0.3) is 0 Å². The van der Waals surface area contributed by atoms with Gasteiger partial charge >= 0.3 is 0 Å². The van der Waals surface area contributed by atoms with E-state index in [4.69, 9.17) is 4.98 Å². The molecule has 122 valence electrons. The number of imidazole rings is 1. The summed E-state index contributed by atoms with van der Waals surface area (Å²) in [6, 6.07) is 2.49. The molecule has 0 aliphatic heterocycles. The maximum atomic E-state index is 10.2. The number of aliphatic hydroxyl groups is 1. The average molecular weight is 312 g/mol.